The van der Waals surface area contributed by atoms with Gasteiger partial charge in [-0.05, 0) is 63.5 Å². The molecule has 3 aromatic rings. The average molecular weight is 432 g/mol. The highest BCUT2D eigenvalue weighted by atomic mass is 79.9. The van der Waals surface area contributed by atoms with E-state index in [1.165, 1.54) is 5.56 Å². The SMILES string of the molecule is CCn1nnnc1NCc1cc(Br)c(OCc2ccc(C)cc2)c(OC)c1. The first-order valence-corrected chi connectivity index (χ1v) is 9.44. The lowest BCUT2D eigenvalue weighted by molar-refractivity contribution is 0.282. The number of ether oxygens (including phenoxy) is 2. The van der Waals surface area contributed by atoms with E-state index in [1.54, 1.807) is 11.8 Å². The molecule has 0 aliphatic rings. The Kier molecular flexibility index (Phi) is 6.28. The van der Waals surface area contributed by atoms with Gasteiger partial charge in [-0.1, -0.05) is 34.9 Å². The van der Waals surface area contributed by atoms with Gasteiger partial charge in [-0.3, -0.25) is 0 Å². The van der Waals surface area contributed by atoms with Crippen LogP contribution in [0.4, 0.5) is 5.95 Å². The Hall–Kier alpha value is -2.61. The zero-order chi connectivity index (χ0) is 19.2. The van der Waals surface area contributed by atoms with Gasteiger partial charge in [0.1, 0.15) is 6.61 Å². The predicted octanol–water partition coefficient (Wildman–Crippen LogP) is 3.96. The van der Waals surface area contributed by atoms with Crippen molar-refractivity contribution < 1.29 is 9.47 Å². The molecule has 0 amide bonds. The highest BCUT2D eigenvalue weighted by Crippen LogP contribution is 2.37. The third-order valence-corrected chi connectivity index (χ3v) is 4.66. The summed E-state index contributed by atoms with van der Waals surface area (Å²) in [5.74, 6) is 1.98. The summed E-state index contributed by atoms with van der Waals surface area (Å²) in [6, 6.07) is 12.2. The number of halogens is 1. The van der Waals surface area contributed by atoms with Crippen LogP contribution < -0.4 is 14.8 Å². The van der Waals surface area contributed by atoms with Gasteiger partial charge >= 0.3 is 0 Å². The normalized spacial score (nSPS) is 10.7. The Morgan fingerprint density at radius 3 is 2.63 bits per heavy atom. The standard InChI is InChI=1S/C19H22BrN5O2/c1-4-25-19(22-23-24-25)21-11-15-9-16(20)18(17(10-15)26-3)27-12-14-7-5-13(2)6-8-14/h5-10H,4,11-12H2,1-3H3,(H,21,22,24). The van der Waals surface area contributed by atoms with Crippen molar-refractivity contribution in [2.45, 2.75) is 33.5 Å². The van der Waals surface area contributed by atoms with Crippen LogP contribution in [0.15, 0.2) is 40.9 Å². The van der Waals surface area contributed by atoms with Crippen molar-refractivity contribution in [3.63, 3.8) is 0 Å². The summed E-state index contributed by atoms with van der Waals surface area (Å²) in [4.78, 5) is 0. The summed E-state index contributed by atoms with van der Waals surface area (Å²) in [7, 11) is 1.63. The van der Waals surface area contributed by atoms with Crippen LogP contribution in [-0.4, -0.2) is 27.3 Å². The molecule has 7 nitrogen and oxygen atoms in total. The third kappa shape index (κ3) is 4.77. The smallest absolute Gasteiger partial charge is 0.243 e. The van der Waals surface area contributed by atoms with Gasteiger partial charge in [0.2, 0.25) is 5.95 Å². The van der Waals surface area contributed by atoms with Gasteiger partial charge in [0.25, 0.3) is 0 Å². The van der Waals surface area contributed by atoms with Gasteiger partial charge in [-0.15, -0.1) is 0 Å². The van der Waals surface area contributed by atoms with Crippen molar-refractivity contribution in [3.05, 3.63) is 57.6 Å². The zero-order valence-corrected chi connectivity index (χ0v) is 17.2. The van der Waals surface area contributed by atoms with Crippen LogP contribution in [0.3, 0.4) is 0 Å². The number of tetrazole rings is 1. The summed E-state index contributed by atoms with van der Waals surface area (Å²) >= 11 is 3.59. The minimum atomic E-state index is 0.470. The van der Waals surface area contributed by atoms with Crippen LogP contribution in [0.1, 0.15) is 23.6 Å². The van der Waals surface area contributed by atoms with Crippen molar-refractivity contribution in [2.24, 2.45) is 0 Å². The van der Waals surface area contributed by atoms with Crippen molar-refractivity contribution in [2.75, 3.05) is 12.4 Å². The van der Waals surface area contributed by atoms with E-state index < -0.39 is 0 Å². The van der Waals surface area contributed by atoms with E-state index in [-0.39, 0.29) is 0 Å². The maximum absolute atomic E-state index is 6.00. The molecular formula is C19H22BrN5O2. The number of hydrogen-bond acceptors (Lipinski definition) is 6. The van der Waals surface area contributed by atoms with Gasteiger partial charge in [-0.2, -0.15) is 0 Å². The summed E-state index contributed by atoms with van der Waals surface area (Å²) < 4.78 is 14.1. The van der Waals surface area contributed by atoms with E-state index in [2.05, 4.69) is 68.0 Å². The van der Waals surface area contributed by atoms with Crippen LogP contribution in [0, 0.1) is 6.92 Å². The number of nitrogens with zero attached hydrogens (tertiary/aromatic N) is 4. The number of aryl methyl sites for hydroxylation is 2. The van der Waals surface area contributed by atoms with Crippen LogP contribution in [0.5, 0.6) is 11.5 Å². The minimum Gasteiger partial charge on any atom is -0.493 e. The number of nitrogens with one attached hydrogen (secondary N) is 1. The van der Waals surface area contributed by atoms with Gasteiger partial charge in [0.05, 0.1) is 11.6 Å². The molecule has 0 fully saturated rings. The molecule has 0 aliphatic carbocycles. The molecule has 0 bridgehead atoms. The second kappa shape index (κ2) is 8.85. The highest BCUT2D eigenvalue weighted by Gasteiger charge is 2.13. The zero-order valence-electron chi connectivity index (χ0n) is 15.6. The predicted molar refractivity (Wildman–Crippen MR) is 107 cm³/mol. The molecule has 0 saturated heterocycles. The van der Waals surface area contributed by atoms with Crippen molar-refractivity contribution in [1.82, 2.24) is 20.2 Å². The van der Waals surface area contributed by atoms with Gasteiger partial charge in [0, 0.05) is 13.1 Å². The maximum atomic E-state index is 6.00. The van der Waals surface area contributed by atoms with Crippen LogP contribution in [-0.2, 0) is 19.7 Å². The number of methoxy groups -OCH3 is 1. The Labute approximate surface area is 166 Å². The van der Waals surface area contributed by atoms with Gasteiger partial charge < -0.3 is 14.8 Å². The molecule has 2 aromatic carbocycles. The van der Waals surface area contributed by atoms with E-state index in [1.807, 2.05) is 19.1 Å². The first kappa shape index (κ1) is 19.2. The number of aromatic nitrogens is 4. The number of hydrogen-bond donors (Lipinski definition) is 1. The lowest BCUT2D eigenvalue weighted by atomic mass is 10.1. The van der Waals surface area contributed by atoms with Crippen LogP contribution in [0.2, 0.25) is 0 Å². The fourth-order valence-corrected chi connectivity index (χ4v) is 3.18. The van der Waals surface area contributed by atoms with Crippen molar-refractivity contribution in [3.8, 4) is 11.5 Å². The van der Waals surface area contributed by atoms with Crippen molar-refractivity contribution in [1.29, 1.82) is 0 Å². The lowest BCUT2D eigenvalue weighted by Gasteiger charge is -2.15. The van der Waals surface area contributed by atoms with Gasteiger partial charge in [-0.25, -0.2) is 4.68 Å². The fraction of sp³-hybridized carbons (Fsp3) is 0.316. The second-order valence-corrected chi connectivity index (χ2v) is 6.91. The van der Waals surface area contributed by atoms with E-state index >= 15 is 0 Å². The molecular weight excluding hydrogens is 410 g/mol. The molecule has 0 spiro atoms. The minimum absolute atomic E-state index is 0.470. The first-order valence-electron chi connectivity index (χ1n) is 8.65. The lowest BCUT2D eigenvalue weighted by Crippen LogP contribution is -2.08. The molecule has 1 N–H and O–H groups in total. The summed E-state index contributed by atoms with van der Waals surface area (Å²) in [6.07, 6.45) is 0. The van der Waals surface area contributed by atoms with Crippen LogP contribution in [0.25, 0.3) is 0 Å². The fourth-order valence-electron chi connectivity index (χ4n) is 2.58. The second-order valence-electron chi connectivity index (χ2n) is 6.06. The quantitative estimate of drug-likeness (QED) is 0.581. The molecule has 3 rings (SSSR count). The Morgan fingerprint density at radius 2 is 1.93 bits per heavy atom. The van der Waals surface area contributed by atoms with Crippen LogP contribution >= 0.6 is 15.9 Å². The molecule has 27 heavy (non-hydrogen) atoms. The van der Waals surface area contributed by atoms with E-state index in [9.17, 15) is 0 Å². The van der Waals surface area contributed by atoms with Crippen molar-refractivity contribution >= 4 is 21.9 Å². The number of benzene rings is 2. The number of anilines is 1. The largest absolute Gasteiger partial charge is 0.493 e. The first-order chi connectivity index (χ1) is 13.1. The Morgan fingerprint density at radius 1 is 1.15 bits per heavy atom. The molecule has 0 aliphatic heterocycles. The van der Waals surface area contributed by atoms with E-state index in [0.717, 1.165) is 15.6 Å². The van der Waals surface area contributed by atoms with Gasteiger partial charge in [0.15, 0.2) is 11.5 Å². The summed E-state index contributed by atoms with van der Waals surface area (Å²) in [5.41, 5.74) is 3.35. The average Bonchev–Trinajstić information content (AvgIpc) is 3.14. The molecule has 1 aromatic heterocycles. The Balaban J connectivity index is 1.71. The molecule has 142 valence electrons. The van der Waals surface area contributed by atoms with E-state index in [0.29, 0.717) is 37.1 Å². The topological polar surface area (TPSA) is 74.1 Å². The molecule has 0 unspecified atom stereocenters. The maximum Gasteiger partial charge on any atom is 0.243 e. The molecule has 8 heteroatoms. The van der Waals surface area contributed by atoms with E-state index in [4.69, 9.17) is 9.47 Å². The summed E-state index contributed by atoms with van der Waals surface area (Å²) in [6.45, 7) is 5.79. The Bertz CT molecular complexity index is 896. The molecule has 0 saturated carbocycles. The molecule has 0 atom stereocenters. The summed E-state index contributed by atoms with van der Waals surface area (Å²) in [5, 5.41) is 14.8. The molecule has 0 radical (unpaired) electrons. The number of rotatable bonds is 8. The molecule has 1 heterocycles. The third-order valence-electron chi connectivity index (χ3n) is 4.08. The monoisotopic (exact) mass is 431 g/mol. The highest BCUT2D eigenvalue weighted by molar-refractivity contribution is 9.10.